The summed E-state index contributed by atoms with van der Waals surface area (Å²) in [6, 6.07) is 7.35. The van der Waals surface area contributed by atoms with E-state index >= 15 is 0 Å². The number of benzene rings is 1. The summed E-state index contributed by atoms with van der Waals surface area (Å²) in [5.74, 6) is 0.0631. The van der Waals surface area contributed by atoms with E-state index in [0.717, 1.165) is 5.52 Å². The van der Waals surface area contributed by atoms with Gasteiger partial charge in [0.1, 0.15) is 5.69 Å². The third-order valence-electron chi connectivity index (χ3n) is 2.24. The number of aldehydes is 1. The van der Waals surface area contributed by atoms with E-state index in [-0.39, 0.29) is 5.75 Å². The maximum Gasteiger partial charge on any atom is 0.170 e. The van der Waals surface area contributed by atoms with Crippen molar-refractivity contribution in [3.63, 3.8) is 0 Å². The zero-order valence-corrected chi connectivity index (χ0v) is 7.19. The number of para-hydroxylation sites is 1. The van der Waals surface area contributed by atoms with Crippen molar-refractivity contribution in [3.8, 4) is 5.75 Å². The Kier molecular flexibility index (Phi) is 1.59. The van der Waals surface area contributed by atoms with Crippen molar-refractivity contribution in [3.05, 3.63) is 30.0 Å². The summed E-state index contributed by atoms with van der Waals surface area (Å²) < 4.78 is 1.68. The van der Waals surface area contributed by atoms with Crippen LogP contribution in [0.25, 0.3) is 10.9 Å². The maximum absolute atomic E-state index is 10.6. The van der Waals surface area contributed by atoms with E-state index in [1.807, 2.05) is 18.2 Å². The SMILES string of the molecule is Cn1c(C=O)c(O)c2ccccc21. The van der Waals surface area contributed by atoms with Crippen molar-refractivity contribution in [2.24, 2.45) is 7.05 Å². The van der Waals surface area contributed by atoms with Crippen molar-refractivity contribution in [1.82, 2.24) is 4.57 Å². The van der Waals surface area contributed by atoms with Gasteiger partial charge in [-0.05, 0) is 12.1 Å². The highest BCUT2D eigenvalue weighted by atomic mass is 16.3. The van der Waals surface area contributed by atoms with Gasteiger partial charge in [-0.2, -0.15) is 0 Å². The molecule has 0 atom stereocenters. The molecule has 3 nitrogen and oxygen atoms in total. The number of hydrogen-bond acceptors (Lipinski definition) is 2. The molecule has 0 amide bonds. The second kappa shape index (κ2) is 2.62. The smallest absolute Gasteiger partial charge is 0.170 e. The van der Waals surface area contributed by atoms with E-state index in [1.54, 1.807) is 17.7 Å². The minimum absolute atomic E-state index is 0.0631. The van der Waals surface area contributed by atoms with Gasteiger partial charge in [0, 0.05) is 12.4 Å². The zero-order valence-electron chi connectivity index (χ0n) is 7.19. The topological polar surface area (TPSA) is 42.2 Å². The van der Waals surface area contributed by atoms with Crippen molar-refractivity contribution >= 4 is 17.2 Å². The first-order valence-electron chi connectivity index (χ1n) is 3.97. The Morgan fingerprint density at radius 2 is 2.08 bits per heavy atom. The number of hydrogen-bond donors (Lipinski definition) is 1. The maximum atomic E-state index is 10.6. The average Bonchev–Trinajstić information content (AvgIpc) is 2.41. The molecule has 1 aromatic carbocycles. The first-order valence-corrected chi connectivity index (χ1v) is 3.97. The Bertz CT molecular complexity index is 432. The molecular weight excluding hydrogens is 166 g/mol. The number of aromatic nitrogens is 1. The Morgan fingerprint density at radius 3 is 2.69 bits per heavy atom. The molecule has 2 aromatic rings. The van der Waals surface area contributed by atoms with Crippen LogP contribution in [0.15, 0.2) is 24.3 Å². The lowest BCUT2D eigenvalue weighted by atomic mass is 10.2. The van der Waals surface area contributed by atoms with Gasteiger partial charge in [-0.25, -0.2) is 0 Å². The molecule has 0 aliphatic heterocycles. The molecule has 0 saturated heterocycles. The van der Waals surface area contributed by atoms with E-state index in [4.69, 9.17) is 0 Å². The van der Waals surface area contributed by atoms with Gasteiger partial charge in [-0.15, -0.1) is 0 Å². The molecular formula is C10H9NO2. The van der Waals surface area contributed by atoms with Gasteiger partial charge in [0.25, 0.3) is 0 Å². The van der Waals surface area contributed by atoms with Gasteiger partial charge in [0.2, 0.25) is 0 Å². The largest absolute Gasteiger partial charge is 0.505 e. The molecule has 1 aromatic heterocycles. The molecule has 0 unspecified atom stereocenters. The zero-order chi connectivity index (χ0) is 9.42. The van der Waals surface area contributed by atoms with E-state index in [2.05, 4.69) is 0 Å². The standard InChI is InChI=1S/C10H9NO2/c1-11-8-5-3-2-4-7(8)10(13)9(11)6-12/h2-6,13H,1H3. The fourth-order valence-corrected chi connectivity index (χ4v) is 1.53. The van der Waals surface area contributed by atoms with Crippen LogP contribution in [0.4, 0.5) is 0 Å². The highest BCUT2D eigenvalue weighted by molar-refractivity contribution is 5.95. The van der Waals surface area contributed by atoms with Gasteiger partial charge >= 0.3 is 0 Å². The van der Waals surface area contributed by atoms with Crippen LogP contribution in [-0.2, 0) is 7.05 Å². The number of aromatic hydroxyl groups is 1. The van der Waals surface area contributed by atoms with Crippen LogP contribution in [-0.4, -0.2) is 16.0 Å². The van der Waals surface area contributed by atoms with E-state index < -0.39 is 0 Å². The van der Waals surface area contributed by atoms with Crippen LogP contribution >= 0.6 is 0 Å². The molecule has 66 valence electrons. The molecule has 0 saturated carbocycles. The third-order valence-corrected chi connectivity index (χ3v) is 2.24. The summed E-state index contributed by atoms with van der Waals surface area (Å²) in [7, 11) is 1.76. The lowest BCUT2D eigenvalue weighted by Gasteiger charge is -1.95. The molecule has 1 heterocycles. The molecule has 0 spiro atoms. The average molecular weight is 175 g/mol. The summed E-state index contributed by atoms with van der Waals surface area (Å²) >= 11 is 0. The van der Waals surface area contributed by atoms with Crippen LogP contribution in [0.3, 0.4) is 0 Å². The van der Waals surface area contributed by atoms with Crippen molar-refractivity contribution in [2.75, 3.05) is 0 Å². The Balaban J connectivity index is 2.96. The monoisotopic (exact) mass is 175 g/mol. The summed E-state index contributed by atoms with van der Waals surface area (Å²) in [5.41, 5.74) is 1.18. The summed E-state index contributed by atoms with van der Waals surface area (Å²) in [6.45, 7) is 0. The Labute approximate surface area is 75.2 Å². The highest BCUT2D eigenvalue weighted by Crippen LogP contribution is 2.29. The fourth-order valence-electron chi connectivity index (χ4n) is 1.53. The molecule has 0 aliphatic carbocycles. The molecule has 13 heavy (non-hydrogen) atoms. The second-order valence-electron chi connectivity index (χ2n) is 2.93. The van der Waals surface area contributed by atoms with E-state index in [9.17, 15) is 9.90 Å². The number of aryl methyl sites for hydroxylation is 1. The van der Waals surface area contributed by atoms with Crippen LogP contribution < -0.4 is 0 Å². The molecule has 3 heteroatoms. The van der Waals surface area contributed by atoms with Crippen molar-refractivity contribution < 1.29 is 9.90 Å². The van der Waals surface area contributed by atoms with E-state index in [1.165, 1.54) is 0 Å². The second-order valence-corrected chi connectivity index (χ2v) is 2.93. The van der Waals surface area contributed by atoms with E-state index in [0.29, 0.717) is 17.4 Å². The quantitative estimate of drug-likeness (QED) is 0.670. The number of nitrogens with zero attached hydrogens (tertiary/aromatic N) is 1. The molecule has 0 fully saturated rings. The third kappa shape index (κ3) is 0.935. The minimum Gasteiger partial charge on any atom is -0.505 e. The number of rotatable bonds is 1. The van der Waals surface area contributed by atoms with Crippen molar-refractivity contribution in [2.45, 2.75) is 0 Å². The van der Waals surface area contributed by atoms with Gasteiger partial charge in [0.05, 0.1) is 5.52 Å². The van der Waals surface area contributed by atoms with Gasteiger partial charge in [0.15, 0.2) is 12.0 Å². The first kappa shape index (κ1) is 7.86. The summed E-state index contributed by atoms with van der Waals surface area (Å²) in [5, 5.41) is 10.3. The van der Waals surface area contributed by atoms with Gasteiger partial charge in [-0.1, -0.05) is 12.1 Å². The first-order chi connectivity index (χ1) is 6.25. The Morgan fingerprint density at radius 1 is 1.38 bits per heavy atom. The van der Waals surface area contributed by atoms with Gasteiger partial charge < -0.3 is 9.67 Å². The molecule has 1 N–H and O–H groups in total. The predicted octanol–water partition coefficient (Wildman–Crippen LogP) is 1.70. The van der Waals surface area contributed by atoms with Crippen LogP contribution in [0.1, 0.15) is 10.5 Å². The number of carbonyl (C=O) groups excluding carboxylic acids is 1. The van der Waals surface area contributed by atoms with Crippen LogP contribution in [0.5, 0.6) is 5.75 Å². The molecule has 0 radical (unpaired) electrons. The lowest BCUT2D eigenvalue weighted by Crippen LogP contribution is -1.93. The van der Waals surface area contributed by atoms with Crippen LogP contribution in [0, 0.1) is 0 Å². The normalized spacial score (nSPS) is 10.5. The fraction of sp³-hybridized carbons (Fsp3) is 0.100. The van der Waals surface area contributed by atoms with Crippen LogP contribution in [0.2, 0.25) is 0 Å². The highest BCUT2D eigenvalue weighted by Gasteiger charge is 2.11. The molecule has 2 rings (SSSR count). The summed E-state index contributed by atoms with van der Waals surface area (Å²) in [6.07, 6.45) is 0.662. The number of fused-ring (bicyclic) bond motifs is 1. The summed E-state index contributed by atoms with van der Waals surface area (Å²) in [4.78, 5) is 10.6. The molecule has 0 aliphatic rings. The molecule has 0 bridgehead atoms. The lowest BCUT2D eigenvalue weighted by molar-refractivity contribution is 0.111. The minimum atomic E-state index is 0.0631. The van der Waals surface area contributed by atoms with Crippen molar-refractivity contribution in [1.29, 1.82) is 0 Å². The van der Waals surface area contributed by atoms with Gasteiger partial charge in [-0.3, -0.25) is 4.79 Å². The predicted molar refractivity (Wildman–Crippen MR) is 50.0 cm³/mol. The number of carbonyl (C=O) groups is 1. The Hall–Kier alpha value is -1.77.